The number of rotatable bonds is 4. The van der Waals surface area contributed by atoms with Gasteiger partial charge in [-0.25, -0.2) is 0 Å². The van der Waals surface area contributed by atoms with E-state index in [9.17, 15) is 9.59 Å². The van der Waals surface area contributed by atoms with E-state index in [4.69, 9.17) is 16.7 Å². The highest BCUT2D eigenvalue weighted by Crippen LogP contribution is 2.24. The van der Waals surface area contributed by atoms with E-state index in [0.29, 0.717) is 20.3 Å². The number of aliphatic carboxylic acids is 1. The van der Waals surface area contributed by atoms with Crippen LogP contribution < -0.4 is 0 Å². The molecule has 3 nitrogen and oxygen atoms in total. The molecule has 0 aliphatic heterocycles. The zero-order chi connectivity index (χ0) is 14.0. The second-order valence-electron chi connectivity index (χ2n) is 4.11. The molecule has 0 spiro atoms. The fraction of sp³-hybridized carbons (Fsp3) is 0.143. The van der Waals surface area contributed by atoms with Gasteiger partial charge in [0.2, 0.25) is 5.78 Å². The Bertz CT molecular complexity index is 616. The van der Waals surface area contributed by atoms with Crippen molar-refractivity contribution in [3.05, 3.63) is 56.7 Å². The van der Waals surface area contributed by atoms with Crippen LogP contribution in [0.25, 0.3) is 0 Å². The first-order valence-corrected chi connectivity index (χ1v) is 6.81. The van der Waals surface area contributed by atoms with Crippen LogP contribution in [0.5, 0.6) is 0 Å². The molecule has 19 heavy (non-hydrogen) atoms. The maximum atomic E-state index is 12.1. The third-order valence-electron chi connectivity index (χ3n) is 2.84. The van der Waals surface area contributed by atoms with Crippen LogP contribution in [0, 0.1) is 0 Å². The third kappa shape index (κ3) is 3.03. The molecule has 1 aromatic carbocycles. The lowest BCUT2D eigenvalue weighted by atomic mass is 9.99. The molecule has 0 unspecified atom stereocenters. The van der Waals surface area contributed by atoms with E-state index in [0.717, 1.165) is 0 Å². The van der Waals surface area contributed by atoms with E-state index in [1.54, 1.807) is 43.3 Å². The summed E-state index contributed by atoms with van der Waals surface area (Å²) in [5.74, 6) is -1.57. The molecule has 0 saturated carbocycles. The summed E-state index contributed by atoms with van der Waals surface area (Å²) < 4.78 is 0.569. The van der Waals surface area contributed by atoms with Crippen molar-refractivity contribution in [2.75, 3.05) is 0 Å². The van der Waals surface area contributed by atoms with Crippen LogP contribution in [0.1, 0.15) is 33.6 Å². The first-order chi connectivity index (χ1) is 8.99. The summed E-state index contributed by atoms with van der Waals surface area (Å²) >= 11 is 7.02. The number of hydrogen-bond donors (Lipinski definition) is 1. The zero-order valence-electron chi connectivity index (χ0n) is 10.1. The molecule has 98 valence electrons. The molecule has 1 N–H and O–H groups in total. The predicted octanol–water partition coefficient (Wildman–Crippen LogP) is 3.82. The molecule has 1 heterocycles. The summed E-state index contributed by atoms with van der Waals surface area (Å²) in [6.07, 6.45) is 0. The number of halogens is 1. The molecule has 0 aliphatic rings. The number of hydrogen-bond acceptors (Lipinski definition) is 3. The molecule has 0 radical (unpaired) electrons. The molecular formula is C14H11ClO3S. The van der Waals surface area contributed by atoms with E-state index >= 15 is 0 Å². The SMILES string of the molecule is C[C@H](C(=O)O)c1ccc(C(=O)c2ccc(Cl)s2)cc1. The van der Waals surface area contributed by atoms with Crippen LogP contribution in [0.15, 0.2) is 36.4 Å². The standard InChI is InChI=1S/C14H11ClO3S/c1-8(14(17)18)9-2-4-10(5-3-9)13(16)11-6-7-12(15)19-11/h2-8H,1H3,(H,17,18)/t8-/m0/s1. The van der Waals surface area contributed by atoms with Crippen molar-refractivity contribution in [1.82, 2.24) is 0 Å². The molecule has 1 aromatic heterocycles. The summed E-state index contributed by atoms with van der Waals surface area (Å²) in [7, 11) is 0. The van der Waals surface area contributed by atoms with Crippen molar-refractivity contribution in [2.45, 2.75) is 12.8 Å². The molecule has 2 rings (SSSR count). The van der Waals surface area contributed by atoms with Gasteiger partial charge in [-0.2, -0.15) is 0 Å². The summed E-state index contributed by atoms with van der Waals surface area (Å²) in [5, 5.41) is 8.91. The van der Waals surface area contributed by atoms with E-state index in [1.807, 2.05) is 0 Å². The van der Waals surface area contributed by atoms with Crippen LogP contribution in [-0.2, 0) is 4.79 Å². The van der Waals surface area contributed by atoms with E-state index in [2.05, 4.69) is 0 Å². The van der Waals surface area contributed by atoms with Gasteiger partial charge in [0.05, 0.1) is 15.1 Å². The Labute approximate surface area is 119 Å². The molecule has 0 bridgehead atoms. The second kappa shape index (κ2) is 5.55. The van der Waals surface area contributed by atoms with Gasteiger partial charge < -0.3 is 5.11 Å². The van der Waals surface area contributed by atoms with Gasteiger partial charge in [-0.15, -0.1) is 11.3 Å². The summed E-state index contributed by atoms with van der Waals surface area (Å²) in [4.78, 5) is 23.5. The molecule has 2 aromatic rings. The van der Waals surface area contributed by atoms with Gasteiger partial charge in [-0.05, 0) is 24.6 Å². The Hall–Kier alpha value is -1.65. The van der Waals surface area contributed by atoms with Crippen LogP contribution in [0.4, 0.5) is 0 Å². The first-order valence-electron chi connectivity index (χ1n) is 5.62. The number of thiophene rings is 1. The van der Waals surface area contributed by atoms with Gasteiger partial charge in [0.15, 0.2) is 0 Å². The fourth-order valence-corrected chi connectivity index (χ4v) is 2.65. The lowest BCUT2D eigenvalue weighted by molar-refractivity contribution is -0.138. The molecule has 0 fully saturated rings. The highest BCUT2D eigenvalue weighted by Gasteiger charge is 2.15. The monoisotopic (exact) mass is 294 g/mol. The minimum atomic E-state index is -0.885. The van der Waals surface area contributed by atoms with Crippen LogP contribution >= 0.6 is 22.9 Å². The first kappa shape index (κ1) is 13.8. The van der Waals surface area contributed by atoms with E-state index < -0.39 is 11.9 Å². The lowest BCUT2D eigenvalue weighted by Crippen LogP contribution is -2.07. The summed E-state index contributed by atoms with van der Waals surface area (Å²) in [6, 6.07) is 9.99. The summed E-state index contributed by atoms with van der Waals surface area (Å²) in [5.41, 5.74) is 1.20. The topological polar surface area (TPSA) is 54.4 Å². The maximum Gasteiger partial charge on any atom is 0.310 e. The number of ketones is 1. The lowest BCUT2D eigenvalue weighted by Gasteiger charge is -2.06. The Morgan fingerprint density at radius 1 is 1.16 bits per heavy atom. The normalized spacial score (nSPS) is 12.1. The molecule has 0 saturated heterocycles. The van der Waals surface area contributed by atoms with Gasteiger partial charge in [-0.3, -0.25) is 9.59 Å². The molecular weight excluding hydrogens is 284 g/mol. The Morgan fingerprint density at radius 2 is 1.79 bits per heavy atom. The fourth-order valence-electron chi connectivity index (χ4n) is 1.64. The minimum Gasteiger partial charge on any atom is -0.481 e. The maximum absolute atomic E-state index is 12.1. The third-order valence-corrected chi connectivity index (χ3v) is 4.07. The van der Waals surface area contributed by atoms with Crippen molar-refractivity contribution in [3.8, 4) is 0 Å². The average Bonchev–Trinajstić information content (AvgIpc) is 2.84. The van der Waals surface area contributed by atoms with Crippen molar-refractivity contribution in [2.24, 2.45) is 0 Å². The largest absolute Gasteiger partial charge is 0.481 e. The van der Waals surface area contributed by atoms with Crippen LogP contribution in [-0.4, -0.2) is 16.9 Å². The summed E-state index contributed by atoms with van der Waals surface area (Å²) in [6.45, 7) is 1.61. The van der Waals surface area contributed by atoms with Gasteiger partial charge in [-0.1, -0.05) is 35.9 Å². The Kier molecular flexibility index (Phi) is 4.02. The van der Waals surface area contributed by atoms with Crippen molar-refractivity contribution >= 4 is 34.7 Å². The van der Waals surface area contributed by atoms with Crippen LogP contribution in [0.2, 0.25) is 4.34 Å². The number of carbonyl (C=O) groups excluding carboxylic acids is 1. The molecule has 1 atom stereocenters. The highest BCUT2D eigenvalue weighted by atomic mass is 35.5. The Balaban J connectivity index is 2.23. The minimum absolute atomic E-state index is 0.105. The molecule has 0 aliphatic carbocycles. The number of benzene rings is 1. The average molecular weight is 295 g/mol. The zero-order valence-corrected chi connectivity index (χ0v) is 11.7. The number of carboxylic acids is 1. The number of carboxylic acid groups (broad SMARTS) is 1. The smallest absolute Gasteiger partial charge is 0.310 e. The van der Waals surface area contributed by atoms with Crippen LogP contribution in [0.3, 0.4) is 0 Å². The molecule has 0 amide bonds. The van der Waals surface area contributed by atoms with E-state index in [1.165, 1.54) is 11.3 Å². The highest BCUT2D eigenvalue weighted by molar-refractivity contribution is 7.18. The van der Waals surface area contributed by atoms with Crippen molar-refractivity contribution in [1.29, 1.82) is 0 Å². The van der Waals surface area contributed by atoms with Gasteiger partial charge in [0.25, 0.3) is 0 Å². The quantitative estimate of drug-likeness (QED) is 0.872. The van der Waals surface area contributed by atoms with Gasteiger partial charge in [0, 0.05) is 5.56 Å². The molecule has 5 heteroatoms. The second-order valence-corrected chi connectivity index (χ2v) is 5.83. The van der Waals surface area contributed by atoms with E-state index in [-0.39, 0.29) is 5.78 Å². The van der Waals surface area contributed by atoms with Crippen molar-refractivity contribution < 1.29 is 14.7 Å². The number of carbonyl (C=O) groups is 2. The predicted molar refractivity (Wildman–Crippen MR) is 75.3 cm³/mol. The van der Waals surface area contributed by atoms with Crippen molar-refractivity contribution in [3.63, 3.8) is 0 Å². The van der Waals surface area contributed by atoms with Gasteiger partial charge >= 0.3 is 5.97 Å². The Morgan fingerprint density at radius 3 is 2.26 bits per heavy atom. The van der Waals surface area contributed by atoms with Gasteiger partial charge in [0.1, 0.15) is 0 Å².